The van der Waals surface area contributed by atoms with Gasteiger partial charge in [0.1, 0.15) is 6.04 Å². The Balaban J connectivity index is 1.68. The molecule has 9 nitrogen and oxygen atoms in total. The van der Waals surface area contributed by atoms with Gasteiger partial charge in [-0.1, -0.05) is 27.7 Å². The number of nitrogens with zero attached hydrogens (tertiary/aromatic N) is 1. The van der Waals surface area contributed by atoms with Gasteiger partial charge in [0.25, 0.3) is 0 Å². The van der Waals surface area contributed by atoms with Crippen LogP contribution in [0.3, 0.4) is 0 Å². The molecule has 34 heavy (non-hydrogen) atoms. The molecule has 1 fully saturated rings. The zero-order valence-corrected chi connectivity index (χ0v) is 21.5. The number of hydrogen-bond acceptors (Lipinski definition) is 7. The molecular weight excluding hydrogens is 458 g/mol. The van der Waals surface area contributed by atoms with Crippen molar-refractivity contribution in [2.45, 2.75) is 57.5 Å². The Bertz CT molecular complexity index is 915. The van der Waals surface area contributed by atoms with Crippen LogP contribution >= 0.6 is 0 Å². The van der Waals surface area contributed by atoms with Gasteiger partial charge in [0.05, 0.1) is 31.3 Å². The Morgan fingerprint density at radius 1 is 1.03 bits per heavy atom. The van der Waals surface area contributed by atoms with Gasteiger partial charge in [-0.15, -0.1) is 0 Å². The molecule has 0 radical (unpaired) electrons. The number of morpholine rings is 1. The molecule has 2 aliphatic heterocycles. The number of rotatable bonds is 10. The van der Waals surface area contributed by atoms with Crippen LogP contribution in [0, 0.1) is 11.8 Å². The molecule has 1 saturated heterocycles. The van der Waals surface area contributed by atoms with Crippen molar-refractivity contribution < 1.29 is 27.4 Å². The van der Waals surface area contributed by atoms with Gasteiger partial charge < -0.3 is 19.5 Å². The van der Waals surface area contributed by atoms with E-state index in [2.05, 4.69) is 28.8 Å². The molecule has 0 spiro atoms. The number of hydrogen-bond donors (Lipinski definition) is 2. The average Bonchev–Trinajstić information content (AvgIpc) is 3.05. The minimum absolute atomic E-state index is 0.0428. The summed E-state index contributed by atoms with van der Waals surface area (Å²) in [5.41, 5.74) is 0. The summed E-state index contributed by atoms with van der Waals surface area (Å²) in [6.07, 6.45) is 1.67. The van der Waals surface area contributed by atoms with Gasteiger partial charge in [-0.2, -0.15) is 4.72 Å². The first-order valence-corrected chi connectivity index (χ1v) is 13.7. The number of nitrogens with one attached hydrogen (secondary N) is 2. The molecule has 0 aromatic heterocycles. The lowest BCUT2D eigenvalue weighted by Crippen LogP contribution is -2.54. The third kappa shape index (κ3) is 7.31. The summed E-state index contributed by atoms with van der Waals surface area (Å²) in [5, 5.41) is 3.01. The highest BCUT2D eigenvalue weighted by atomic mass is 32.2. The van der Waals surface area contributed by atoms with Crippen molar-refractivity contribution >= 4 is 15.9 Å². The molecule has 10 heteroatoms. The standard InChI is InChI=1S/C24H39N3O6S/c1-17(2)14-19(27-8-12-31-13-9-27)16-25-24(28)23(18(3)4)26-34(29,30)20-6-7-21-22(15-20)33-11-5-10-32-21/h6-7,15,17-19,23,26H,5,8-14,16H2,1-4H3,(H,25,28). The van der Waals surface area contributed by atoms with Gasteiger partial charge in [0.2, 0.25) is 15.9 Å². The molecule has 3 rings (SSSR count). The predicted molar refractivity (Wildman–Crippen MR) is 130 cm³/mol. The van der Waals surface area contributed by atoms with Crippen LogP contribution in [0.2, 0.25) is 0 Å². The maximum Gasteiger partial charge on any atom is 0.241 e. The van der Waals surface area contributed by atoms with Crippen molar-refractivity contribution in [3.8, 4) is 11.5 Å². The average molecular weight is 498 g/mol. The molecule has 1 aromatic carbocycles. The zero-order chi connectivity index (χ0) is 24.7. The second kappa shape index (κ2) is 12.2. The normalized spacial score (nSPS) is 19.0. The summed E-state index contributed by atoms with van der Waals surface area (Å²) in [5.74, 6) is 0.836. The number of fused-ring (bicyclic) bond motifs is 1. The van der Waals surface area contributed by atoms with Crippen molar-refractivity contribution in [3.63, 3.8) is 0 Å². The van der Waals surface area contributed by atoms with Gasteiger partial charge in [0, 0.05) is 38.2 Å². The number of benzene rings is 1. The van der Waals surface area contributed by atoms with Crippen molar-refractivity contribution in [2.75, 3.05) is 46.1 Å². The van der Waals surface area contributed by atoms with Gasteiger partial charge in [-0.25, -0.2) is 8.42 Å². The van der Waals surface area contributed by atoms with Crippen LogP contribution in [-0.4, -0.2) is 77.4 Å². The van der Waals surface area contributed by atoms with E-state index in [0.29, 0.717) is 50.4 Å². The van der Waals surface area contributed by atoms with Crippen LogP contribution in [-0.2, 0) is 19.6 Å². The molecule has 0 saturated carbocycles. The Morgan fingerprint density at radius 3 is 2.35 bits per heavy atom. The van der Waals surface area contributed by atoms with E-state index in [9.17, 15) is 13.2 Å². The molecule has 0 bridgehead atoms. The predicted octanol–water partition coefficient (Wildman–Crippen LogP) is 2.01. The van der Waals surface area contributed by atoms with E-state index in [4.69, 9.17) is 14.2 Å². The number of ether oxygens (including phenoxy) is 3. The maximum absolute atomic E-state index is 13.1. The lowest BCUT2D eigenvalue weighted by Gasteiger charge is -2.36. The fourth-order valence-electron chi connectivity index (χ4n) is 4.21. The fourth-order valence-corrected chi connectivity index (χ4v) is 5.57. The second-order valence-corrected chi connectivity index (χ2v) is 11.4. The van der Waals surface area contributed by atoms with Crippen LogP contribution in [0.25, 0.3) is 0 Å². The summed E-state index contributed by atoms with van der Waals surface area (Å²) in [4.78, 5) is 15.5. The van der Waals surface area contributed by atoms with Crippen molar-refractivity contribution in [3.05, 3.63) is 18.2 Å². The van der Waals surface area contributed by atoms with E-state index in [1.807, 2.05) is 13.8 Å². The third-order valence-corrected chi connectivity index (χ3v) is 7.52. The van der Waals surface area contributed by atoms with Crippen molar-refractivity contribution in [2.24, 2.45) is 11.8 Å². The Kier molecular flexibility index (Phi) is 9.58. The summed E-state index contributed by atoms with van der Waals surface area (Å²) in [6, 6.07) is 3.81. The fraction of sp³-hybridized carbons (Fsp3) is 0.708. The smallest absolute Gasteiger partial charge is 0.241 e. The molecular formula is C24H39N3O6S. The van der Waals surface area contributed by atoms with E-state index in [0.717, 1.165) is 25.9 Å². The molecule has 2 heterocycles. The van der Waals surface area contributed by atoms with Crippen LogP contribution < -0.4 is 19.5 Å². The Labute approximate surface area is 203 Å². The minimum atomic E-state index is -3.95. The molecule has 0 aliphatic carbocycles. The maximum atomic E-state index is 13.1. The first kappa shape index (κ1) is 26.7. The van der Waals surface area contributed by atoms with Gasteiger partial charge >= 0.3 is 0 Å². The van der Waals surface area contributed by atoms with Crippen LogP contribution in [0.5, 0.6) is 11.5 Å². The molecule has 2 unspecified atom stereocenters. The van der Waals surface area contributed by atoms with Gasteiger partial charge in [-0.05, 0) is 30.4 Å². The first-order chi connectivity index (χ1) is 16.2. The van der Waals surface area contributed by atoms with Crippen LogP contribution in [0.4, 0.5) is 0 Å². The van der Waals surface area contributed by atoms with Crippen LogP contribution in [0.15, 0.2) is 23.1 Å². The molecule has 2 aliphatic rings. The third-order valence-electron chi connectivity index (χ3n) is 6.08. The van der Waals surface area contributed by atoms with Crippen molar-refractivity contribution in [1.29, 1.82) is 0 Å². The quantitative estimate of drug-likeness (QED) is 0.509. The summed E-state index contributed by atoms with van der Waals surface area (Å²) in [7, 11) is -3.95. The summed E-state index contributed by atoms with van der Waals surface area (Å²) in [6.45, 7) is 12.5. The highest BCUT2D eigenvalue weighted by molar-refractivity contribution is 7.89. The largest absolute Gasteiger partial charge is 0.490 e. The molecule has 1 amide bonds. The van der Waals surface area contributed by atoms with E-state index in [-0.39, 0.29) is 22.8 Å². The zero-order valence-electron chi connectivity index (χ0n) is 20.7. The Hall–Kier alpha value is -1.88. The highest BCUT2D eigenvalue weighted by Crippen LogP contribution is 2.32. The number of sulfonamides is 1. The molecule has 192 valence electrons. The van der Waals surface area contributed by atoms with Gasteiger partial charge in [0.15, 0.2) is 11.5 Å². The molecule has 1 aromatic rings. The lowest BCUT2D eigenvalue weighted by atomic mass is 10.0. The minimum Gasteiger partial charge on any atom is -0.490 e. The topological polar surface area (TPSA) is 106 Å². The molecule has 2 N–H and O–H groups in total. The van der Waals surface area contributed by atoms with E-state index in [1.165, 1.54) is 12.1 Å². The van der Waals surface area contributed by atoms with Gasteiger partial charge in [-0.3, -0.25) is 9.69 Å². The van der Waals surface area contributed by atoms with Crippen molar-refractivity contribution in [1.82, 2.24) is 14.9 Å². The summed E-state index contributed by atoms with van der Waals surface area (Å²) >= 11 is 0. The monoisotopic (exact) mass is 497 g/mol. The Morgan fingerprint density at radius 2 is 1.71 bits per heavy atom. The van der Waals surface area contributed by atoms with E-state index >= 15 is 0 Å². The summed E-state index contributed by atoms with van der Waals surface area (Å²) < 4.78 is 45.6. The number of carbonyl (C=O) groups is 1. The number of carbonyl (C=O) groups excluding carboxylic acids is 1. The number of amides is 1. The van der Waals surface area contributed by atoms with Crippen LogP contribution in [0.1, 0.15) is 40.5 Å². The van der Waals surface area contributed by atoms with E-state index in [1.54, 1.807) is 6.07 Å². The lowest BCUT2D eigenvalue weighted by molar-refractivity contribution is -0.124. The SMILES string of the molecule is CC(C)CC(CNC(=O)C(NS(=O)(=O)c1ccc2c(c1)OCCCO2)C(C)C)N1CCOCC1. The highest BCUT2D eigenvalue weighted by Gasteiger charge is 2.30. The first-order valence-electron chi connectivity index (χ1n) is 12.2. The molecule has 2 atom stereocenters. The second-order valence-electron chi connectivity index (χ2n) is 9.68. The van der Waals surface area contributed by atoms with E-state index < -0.39 is 16.1 Å².